The summed E-state index contributed by atoms with van der Waals surface area (Å²) < 4.78 is 0. The Hall–Kier alpha value is -1.75. The van der Waals surface area contributed by atoms with Gasteiger partial charge in [0, 0.05) is 63.6 Å². The minimum absolute atomic E-state index is 0.263. The number of carbonyl (C=O) groups is 1. The van der Waals surface area contributed by atoms with Crippen molar-refractivity contribution in [2.75, 3.05) is 63.1 Å². The second-order valence-corrected chi connectivity index (χ2v) is 6.60. The van der Waals surface area contributed by atoms with E-state index in [9.17, 15) is 4.79 Å². The minimum atomic E-state index is 0.263. The molecule has 1 N–H and O–H groups in total. The Balaban J connectivity index is 1.40. The first-order valence-electron chi connectivity index (χ1n) is 8.77. The molecule has 0 unspecified atom stereocenters. The first-order valence-corrected chi connectivity index (χ1v) is 8.77. The summed E-state index contributed by atoms with van der Waals surface area (Å²) in [6.07, 6.45) is 3.17. The summed E-state index contributed by atoms with van der Waals surface area (Å²) >= 11 is 0. The molecule has 2 aliphatic heterocycles. The Morgan fingerprint density at radius 1 is 1.00 bits per heavy atom. The van der Waals surface area contributed by atoms with Gasteiger partial charge < -0.3 is 20.0 Å². The highest BCUT2D eigenvalue weighted by atomic mass is 16.2. The van der Waals surface area contributed by atoms with Crippen LogP contribution in [0.15, 0.2) is 24.3 Å². The number of benzene rings is 1. The van der Waals surface area contributed by atoms with E-state index in [0.29, 0.717) is 13.0 Å². The van der Waals surface area contributed by atoms with E-state index >= 15 is 0 Å². The molecule has 5 heteroatoms. The third-order valence-corrected chi connectivity index (χ3v) is 4.86. The lowest BCUT2D eigenvalue weighted by molar-refractivity contribution is -0.132. The van der Waals surface area contributed by atoms with Crippen molar-refractivity contribution in [3.63, 3.8) is 0 Å². The molecule has 2 fully saturated rings. The molecule has 3 rings (SSSR count). The summed E-state index contributed by atoms with van der Waals surface area (Å²) in [6, 6.07) is 8.59. The van der Waals surface area contributed by atoms with Crippen LogP contribution in [0, 0.1) is 0 Å². The third kappa shape index (κ3) is 4.38. The van der Waals surface area contributed by atoms with E-state index < -0.39 is 0 Å². The van der Waals surface area contributed by atoms with Crippen LogP contribution in [0.2, 0.25) is 0 Å². The summed E-state index contributed by atoms with van der Waals surface area (Å²) in [5.74, 6) is 0.263. The molecule has 0 radical (unpaired) electrons. The predicted octanol–water partition coefficient (Wildman–Crippen LogP) is 1.86. The topological polar surface area (TPSA) is 38.8 Å². The van der Waals surface area contributed by atoms with E-state index in [4.69, 9.17) is 0 Å². The van der Waals surface area contributed by atoms with Crippen molar-refractivity contribution in [2.24, 2.45) is 0 Å². The third-order valence-electron chi connectivity index (χ3n) is 4.86. The summed E-state index contributed by atoms with van der Waals surface area (Å²) in [5.41, 5.74) is 2.40. The molecule has 5 nitrogen and oxygen atoms in total. The highest BCUT2D eigenvalue weighted by Crippen LogP contribution is 2.22. The quantitative estimate of drug-likeness (QED) is 0.900. The van der Waals surface area contributed by atoms with Gasteiger partial charge in [-0.25, -0.2) is 0 Å². The average molecular weight is 316 g/mol. The fourth-order valence-corrected chi connectivity index (χ4v) is 3.29. The number of hydrogen-bond donors (Lipinski definition) is 1. The van der Waals surface area contributed by atoms with Crippen LogP contribution in [0.25, 0.3) is 0 Å². The number of nitrogens with one attached hydrogen (secondary N) is 1. The minimum Gasteiger partial charge on any atom is -0.385 e. The molecule has 0 aromatic heterocycles. The molecule has 23 heavy (non-hydrogen) atoms. The second-order valence-electron chi connectivity index (χ2n) is 6.60. The fourth-order valence-electron chi connectivity index (χ4n) is 3.29. The van der Waals surface area contributed by atoms with Gasteiger partial charge in [-0.15, -0.1) is 0 Å². The van der Waals surface area contributed by atoms with Gasteiger partial charge in [-0.2, -0.15) is 0 Å². The lowest BCUT2D eigenvalue weighted by atomic mass is 10.2. The Labute approximate surface area is 139 Å². The van der Waals surface area contributed by atoms with Crippen LogP contribution in [-0.2, 0) is 4.79 Å². The molecule has 2 aliphatic rings. The maximum atomic E-state index is 12.2. The predicted molar refractivity (Wildman–Crippen MR) is 95.1 cm³/mol. The largest absolute Gasteiger partial charge is 0.385 e. The van der Waals surface area contributed by atoms with Crippen molar-refractivity contribution in [2.45, 2.75) is 19.3 Å². The molecule has 0 atom stereocenters. The van der Waals surface area contributed by atoms with Gasteiger partial charge >= 0.3 is 0 Å². The Kier molecular flexibility index (Phi) is 5.39. The summed E-state index contributed by atoms with van der Waals surface area (Å²) in [5, 5.41) is 3.36. The fraction of sp³-hybridized carbons (Fsp3) is 0.611. The van der Waals surface area contributed by atoms with Gasteiger partial charge in [-0.3, -0.25) is 4.79 Å². The monoisotopic (exact) mass is 316 g/mol. The van der Waals surface area contributed by atoms with Crippen LogP contribution in [0.4, 0.5) is 11.4 Å². The maximum absolute atomic E-state index is 12.2. The van der Waals surface area contributed by atoms with Crippen LogP contribution < -0.4 is 10.2 Å². The van der Waals surface area contributed by atoms with Gasteiger partial charge in [-0.1, -0.05) is 0 Å². The number of anilines is 2. The van der Waals surface area contributed by atoms with Crippen LogP contribution in [0.5, 0.6) is 0 Å². The van der Waals surface area contributed by atoms with E-state index in [1.54, 1.807) is 0 Å². The Morgan fingerprint density at radius 3 is 2.30 bits per heavy atom. The van der Waals surface area contributed by atoms with Crippen molar-refractivity contribution in [1.29, 1.82) is 0 Å². The van der Waals surface area contributed by atoms with Crippen molar-refractivity contribution in [1.82, 2.24) is 9.80 Å². The lowest BCUT2D eigenvalue weighted by Crippen LogP contribution is -2.47. The summed E-state index contributed by atoms with van der Waals surface area (Å²) in [4.78, 5) is 18.9. The van der Waals surface area contributed by atoms with E-state index in [1.165, 1.54) is 31.6 Å². The van der Waals surface area contributed by atoms with Gasteiger partial charge in [0.2, 0.25) is 5.91 Å². The molecule has 0 saturated carbocycles. The molecule has 126 valence electrons. The molecule has 2 heterocycles. The smallest absolute Gasteiger partial charge is 0.224 e. The highest BCUT2D eigenvalue weighted by molar-refractivity contribution is 5.76. The van der Waals surface area contributed by atoms with Gasteiger partial charge in [-0.05, 0) is 44.2 Å². The molecule has 1 aromatic carbocycles. The van der Waals surface area contributed by atoms with Gasteiger partial charge in [0.1, 0.15) is 0 Å². The number of rotatable bonds is 5. The molecule has 0 aliphatic carbocycles. The number of carbonyl (C=O) groups excluding carboxylic acids is 1. The van der Waals surface area contributed by atoms with Crippen LogP contribution in [0.1, 0.15) is 19.3 Å². The highest BCUT2D eigenvalue weighted by Gasteiger charge is 2.18. The van der Waals surface area contributed by atoms with Crippen LogP contribution in [0.3, 0.4) is 0 Å². The molecule has 0 spiro atoms. The van der Waals surface area contributed by atoms with Crippen molar-refractivity contribution in [3.05, 3.63) is 24.3 Å². The first-order chi connectivity index (χ1) is 11.2. The number of likely N-dealkylation sites (N-methyl/N-ethyl adjacent to an activating group) is 1. The van der Waals surface area contributed by atoms with E-state index in [-0.39, 0.29) is 5.91 Å². The number of amides is 1. The zero-order valence-electron chi connectivity index (χ0n) is 14.1. The van der Waals surface area contributed by atoms with Crippen molar-refractivity contribution in [3.8, 4) is 0 Å². The van der Waals surface area contributed by atoms with E-state index in [0.717, 1.165) is 31.9 Å². The normalized spacial score (nSPS) is 19.2. The molecule has 1 aromatic rings. The molecule has 0 bridgehead atoms. The van der Waals surface area contributed by atoms with Gasteiger partial charge in [0.25, 0.3) is 0 Å². The summed E-state index contributed by atoms with van der Waals surface area (Å²) in [7, 11) is 2.11. The number of nitrogens with zero attached hydrogens (tertiary/aromatic N) is 3. The molecule has 2 saturated heterocycles. The zero-order valence-corrected chi connectivity index (χ0v) is 14.1. The lowest BCUT2D eigenvalue weighted by Gasteiger charge is -2.32. The number of piperazine rings is 1. The molecule has 1 amide bonds. The SMILES string of the molecule is CN1CCN(C(=O)CCNc2ccc(N3CCCC3)cc2)CC1. The molecular weight excluding hydrogens is 288 g/mol. The van der Waals surface area contributed by atoms with E-state index in [2.05, 4.69) is 46.4 Å². The zero-order chi connectivity index (χ0) is 16.1. The Bertz CT molecular complexity index is 502. The van der Waals surface area contributed by atoms with Crippen molar-refractivity contribution < 1.29 is 4.79 Å². The van der Waals surface area contributed by atoms with Gasteiger partial charge in [0.05, 0.1) is 0 Å². The van der Waals surface area contributed by atoms with Crippen LogP contribution in [-0.4, -0.2) is 68.6 Å². The van der Waals surface area contributed by atoms with Crippen LogP contribution >= 0.6 is 0 Å². The van der Waals surface area contributed by atoms with Crippen molar-refractivity contribution >= 4 is 17.3 Å². The van der Waals surface area contributed by atoms with Gasteiger partial charge in [0.15, 0.2) is 0 Å². The molecular formula is C18H28N4O. The Morgan fingerprint density at radius 2 is 1.65 bits per heavy atom. The second kappa shape index (κ2) is 7.68. The number of hydrogen-bond acceptors (Lipinski definition) is 4. The standard InChI is InChI=1S/C18H28N4O/c1-20-12-14-22(15-13-20)18(23)8-9-19-16-4-6-17(7-5-16)21-10-2-3-11-21/h4-7,19H,2-3,8-15H2,1H3. The van der Waals surface area contributed by atoms with E-state index in [1.807, 2.05) is 4.90 Å². The average Bonchev–Trinajstić information content (AvgIpc) is 3.10. The summed E-state index contributed by atoms with van der Waals surface area (Å²) in [6.45, 7) is 6.74. The maximum Gasteiger partial charge on any atom is 0.224 e. The first kappa shape index (κ1) is 16.1.